The molecule has 1 fully saturated rings. The fourth-order valence-corrected chi connectivity index (χ4v) is 2.86. The molecule has 0 aliphatic carbocycles. The van der Waals surface area contributed by atoms with Crippen LogP contribution in [-0.2, 0) is 4.79 Å². The normalized spacial score (nSPS) is 20.7. The highest BCUT2D eigenvalue weighted by Gasteiger charge is 2.25. The van der Waals surface area contributed by atoms with Gasteiger partial charge in [0.25, 0.3) is 0 Å². The van der Waals surface area contributed by atoms with E-state index in [0.29, 0.717) is 5.92 Å². The minimum Gasteiger partial charge on any atom is -0.356 e. The van der Waals surface area contributed by atoms with E-state index in [1.165, 1.54) is 32.2 Å². The largest absolute Gasteiger partial charge is 0.356 e. The Bertz CT molecular complexity index is 253. The predicted molar refractivity (Wildman–Crippen MR) is 81.2 cm³/mol. The topological polar surface area (TPSA) is 32.3 Å². The molecule has 0 aromatic carbocycles. The van der Waals surface area contributed by atoms with Gasteiger partial charge in [0.2, 0.25) is 5.91 Å². The van der Waals surface area contributed by atoms with Crippen molar-refractivity contribution in [3.8, 4) is 0 Å². The van der Waals surface area contributed by atoms with Crippen LogP contribution in [0.25, 0.3) is 0 Å². The molecule has 0 radical (unpaired) electrons. The summed E-state index contributed by atoms with van der Waals surface area (Å²) < 4.78 is 0. The van der Waals surface area contributed by atoms with Gasteiger partial charge in [-0.15, -0.1) is 0 Å². The van der Waals surface area contributed by atoms with Crippen LogP contribution >= 0.6 is 0 Å². The molecule has 0 bridgehead atoms. The van der Waals surface area contributed by atoms with Crippen LogP contribution in [-0.4, -0.2) is 37.0 Å². The average Bonchev–Trinajstić information content (AvgIpc) is 2.38. The van der Waals surface area contributed by atoms with E-state index in [2.05, 4.69) is 31.0 Å². The lowest BCUT2D eigenvalue weighted by molar-refractivity contribution is -0.126. The first kappa shape index (κ1) is 16.5. The molecule has 1 aliphatic rings. The predicted octanol–water partition coefficient (Wildman–Crippen LogP) is 3.05. The maximum Gasteiger partial charge on any atom is 0.224 e. The zero-order chi connectivity index (χ0) is 14.1. The summed E-state index contributed by atoms with van der Waals surface area (Å²) in [5.41, 5.74) is 0. The quantitative estimate of drug-likeness (QED) is 0.686. The molecule has 1 rings (SSSR count). The van der Waals surface area contributed by atoms with E-state index in [1.807, 2.05) is 0 Å². The number of amides is 1. The van der Waals surface area contributed by atoms with Crippen LogP contribution < -0.4 is 5.32 Å². The summed E-state index contributed by atoms with van der Waals surface area (Å²) in [5.74, 6) is 1.19. The van der Waals surface area contributed by atoms with Gasteiger partial charge in [-0.1, -0.05) is 40.0 Å². The second-order valence-corrected chi connectivity index (χ2v) is 6.34. The maximum atomic E-state index is 12.1. The minimum atomic E-state index is 0.221. The fourth-order valence-electron chi connectivity index (χ4n) is 2.86. The Morgan fingerprint density at radius 1 is 1.32 bits per heavy atom. The molecule has 19 heavy (non-hydrogen) atoms. The molecule has 3 heteroatoms. The fraction of sp³-hybridized carbons (Fsp3) is 0.938. The van der Waals surface area contributed by atoms with Crippen molar-refractivity contribution in [2.24, 2.45) is 11.8 Å². The average molecular weight is 268 g/mol. The first-order valence-corrected chi connectivity index (χ1v) is 8.13. The van der Waals surface area contributed by atoms with E-state index in [0.717, 1.165) is 32.5 Å². The SMILES string of the molecule is CCCCCCNC(=O)C1CCCN(CC(C)C)C1. The molecular weight excluding hydrogens is 236 g/mol. The van der Waals surface area contributed by atoms with Gasteiger partial charge >= 0.3 is 0 Å². The molecule has 1 atom stereocenters. The Morgan fingerprint density at radius 2 is 2.11 bits per heavy atom. The van der Waals surface area contributed by atoms with Gasteiger partial charge in [-0.2, -0.15) is 0 Å². The maximum absolute atomic E-state index is 12.1. The zero-order valence-corrected chi connectivity index (χ0v) is 13.1. The molecule has 1 saturated heterocycles. The number of hydrogen-bond donors (Lipinski definition) is 1. The van der Waals surface area contributed by atoms with Crippen molar-refractivity contribution in [1.82, 2.24) is 10.2 Å². The van der Waals surface area contributed by atoms with Gasteiger partial charge in [0, 0.05) is 19.6 Å². The van der Waals surface area contributed by atoms with E-state index in [9.17, 15) is 4.79 Å². The van der Waals surface area contributed by atoms with Gasteiger partial charge in [-0.25, -0.2) is 0 Å². The van der Waals surface area contributed by atoms with Crippen LogP contribution in [0.5, 0.6) is 0 Å². The standard InChI is InChI=1S/C16H32N2O/c1-4-5-6-7-10-17-16(19)15-9-8-11-18(13-15)12-14(2)3/h14-15H,4-13H2,1-3H3,(H,17,19). The van der Waals surface area contributed by atoms with Crippen molar-refractivity contribution in [2.75, 3.05) is 26.2 Å². The molecule has 0 saturated carbocycles. The van der Waals surface area contributed by atoms with Crippen LogP contribution in [0.1, 0.15) is 59.3 Å². The lowest BCUT2D eigenvalue weighted by atomic mass is 9.96. The lowest BCUT2D eigenvalue weighted by Crippen LogP contribution is -2.44. The van der Waals surface area contributed by atoms with E-state index in [-0.39, 0.29) is 11.8 Å². The highest BCUT2D eigenvalue weighted by Crippen LogP contribution is 2.17. The summed E-state index contributed by atoms with van der Waals surface area (Å²) in [7, 11) is 0. The summed E-state index contributed by atoms with van der Waals surface area (Å²) in [6.07, 6.45) is 7.13. The third-order valence-corrected chi connectivity index (χ3v) is 3.83. The number of carbonyl (C=O) groups excluding carboxylic acids is 1. The number of nitrogens with one attached hydrogen (secondary N) is 1. The number of likely N-dealkylation sites (tertiary alicyclic amines) is 1. The molecule has 1 aliphatic heterocycles. The molecule has 1 unspecified atom stereocenters. The van der Waals surface area contributed by atoms with Crippen LogP contribution in [0.3, 0.4) is 0 Å². The summed E-state index contributed by atoms with van der Waals surface area (Å²) in [4.78, 5) is 14.6. The Labute approximate surface area is 119 Å². The van der Waals surface area contributed by atoms with Crippen LogP contribution in [0, 0.1) is 11.8 Å². The van der Waals surface area contributed by atoms with Crippen molar-refractivity contribution in [2.45, 2.75) is 59.3 Å². The number of nitrogens with zero attached hydrogens (tertiary/aromatic N) is 1. The summed E-state index contributed by atoms with van der Waals surface area (Å²) >= 11 is 0. The zero-order valence-electron chi connectivity index (χ0n) is 13.1. The molecular formula is C16H32N2O. The molecule has 0 aromatic heterocycles. The molecule has 3 nitrogen and oxygen atoms in total. The number of unbranched alkanes of at least 4 members (excludes halogenated alkanes) is 3. The lowest BCUT2D eigenvalue weighted by Gasteiger charge is -2.33. The van der Waals surface area contributed by atoms with Gasteiger partial charge in [-0.05, 0) is 31.7 Å². The van der Waals surface area contributed by atoms with Gasteiger partial charge in [0.15, 0.2) is 0 Å². The third-order valence-electron chi connectivity index (χ3n) is 3.83. The van der Waals surface area contributed by atoms with E-state index in [1.54, 1.807) is 0 Å². The van der Waals surface area contributed by atoms with Crippen molar-refractivity contribution in [3.63, 3.8) is 0 Å². The van der Waals surface area contributed by atoms with Gasteiger partial charge in [-0.3, -0.25) is 4.79 Å². The molecule has 0 aromatic rings. The van der Waals surface area contributed by atoms with Crippen LogP contribution in [0.15, 0.2) is 0 Å². The van der Waals surface area contributed by atoms with Crippen LogP contribution in [0.2, 0.25) is 0 Å². The van der Waals surface area contributed by atoms with E-state index < -0.39 is 0 Å². The number of piperidine rings is 1. The van der Waals surface area contributed by atoms with E-state index in [4.69, 9.17) is 0 Å². The van der Waals surface area contributed by atoms with Gasteiger partial charge in [0.05, 0.1) is 5.92 Å². The number of hydrogen-bond acceptors (Lipinski definition) is 2. The second-order valence-electron chi connectivity index (χ2n) is 6.34. The van der Waals surface area contributed by atoms with Crippen molar-refractivity contribution < 1.29 is 4.79 Å². The van der Waals surface area contributed by atoms with E-state index >= 15 is 0 Å². The molecule has 1 heterocycles. The first-order valence-electron chi connectivity index (χ1n) is 8.13. The Balaban J connectivity index is 2.20. The minimum absolute atomic E-state index is 0.221. The monoisotopic (exact) mass is 268 g/mol. The van der Waals surface area contributed by atoms with Gasteiger partial charge in [0.1, 0.15) is 0 Å². The van der Waals surface area contributed by atoms with Crippen molar-refractivity contribution >= 4 is 5.91 Å². The molecule has 0 spiro atoms. The first-order chi connectivity index (χ1) is 9.13. The van der Waals surface area contributed by atoms with Crippen molar-refractivity contribution in [1.29, 1.82) is 0 Å². The number of rotatable bonds is 8. The summed E-state index contributed by atoms with van der Waals surface area (Å²) in [6.45, 7) is 10.8. The Morgan fingerprint density at radius 3 is 2.79 bits per heavy atom. The second kappa shape index (κ2) is 9.35. The highest BCUT2D eigenvalue weighted by molar-refractivity contribution is 5.78. The highest BCUT2D eigenvalue weighted by atomic mass is 16.1. The molecule has 1 amide bonds. The Kier molecular flexibility index (Phi) is 8.11. The summed E-state index contributed by atoms with van der Waals surface area (Å²) in [5, 5.41) is 3.12. The van der Waals surface area contributed by atoms with Gasteiger partial charge < -0.3 is 10.2 Å². The molecule has 112 valence electrons. The van der Waals surface area contributed by atoms with Crippen LogP contribution in [0.4, 0.5) is 0 Å². The third kappa shape index (κ3) is 6.95. The van der Waals surface area contributed by atoms with Crippen molar-refractivity contribution in [3.05, 3.63) is 0 Å². The summed E-state index contributed by atoms with van der Waals surface area (Å²) in [6, 6.07) is 0. The molecule has 1 N–H and O–H groups in total. The number of carbonyl (C=O) groups is 1. The Hall–Kier alpha value is -0.570. The smallest absolute Gasteiger partial charge is 0.224 e.